The van der Waals surface area contributed by atoms with Gasteiger partial charge < -0.3 is 0 Å². The van der Waals surface area contributed by atoms with Crippen molar-refractivity contribution in [3.8, 4) is 0 Å². The number of carbonyl (C=O) groups excluding carboxylic acids is 2. The molecule has 0 bridgehead atoms. The van der Waals surface area contributed by atoms with Crippen molar-refractivity contribution in [2.75, 3.05) is 0 Å². The third kappa shape index (κ3) is 8.11. The van der Waals surface area contributed by atoms with Gasteiger partial charge in [0.25, 0.3) is 5.91 Å². The summed E-state index contributed by atoms with van der Waals surface area (Å²) in [6.45, 7) is 5.30. The molecule has 27 heavy (non-hydrogen) atoms. The molecule has 1 amide bonds. The number of carbonyl (C=O) groups is 1. The average Bonchev–Trinajstić information content (AvgIpc) is 2.62. The topological polar surface area (TPSA) is 70.9 Å². The molecule has 0 radical (unpaired) electrons. The molecule has 0 fully saturated rings. The van der Waals surface area contributed by atoms with Gasteiger partial charge in [-0.1, -0.05) is 23.8 Å². The zero-order valence-electron chi connectivity index (χ0n) is 15.0. The van der Waals surface area contributed by atoms with E-state index in [1.807, 2.05) is 19.1 Å². The fourth-order valence-corrected chi connectivity index (χ4v) is 1.74. The molecule has 8 heteroatoms. The van der Waals surface area contributed by atoms with E-state index < -0.39 is 17.6 Å². The first-order valence-electron chi connectivity index (χ1n) is 7.76. The van der Waals surface area contributed by atoms with Crippen LogP contribution in [0.4, 0.5) is 18.9 Å². The molecule has 0 aliphatic rings. The second kappa shape index (κ2) is 10.0. The number of hydrogen-bond donors (Lipinski definition) is 1. The van der Waals surface area contributed by atoms with Gasteiger partial charge in [0.15, 0.2) is 0 Å². The van der Waals surface area contributed by atoms with Crippen LogP contribution in [0.1, 0.15) is 35.3 Å². The van der Waals surface area contributed by atoms with Crippen molar-refractivity contribution < 1.29 is 22.8 Å². The quantitative estimate of drug-likeness (QED) is 0.474. The first kappa shape index (κ1) is 21.8. The minimum absolute atomic E-state index is 0.0789. The molecule has 5 nitrogen and oxygen atoms in total. The highest BCUT2D eigenvalue weighted by atomic mass is 19.4. The lowest BCUT2D eigenvalue weighted by Crippen LogP contribution is -2.19. The average molecular weight is 377 g/mol. The number of benzene rings is 2. The monoisotopic (exact) mass is 377 g/mol. The Hall–Kier alpha value is -3.25. The number of nitrogens with one attached hydrogen (secondary N) is 1. The number of aliphatic imine (C=N–C) groups is 1. The first-order chi connectivity index (χ1) is 12.6. The number of amides is 1. The van der Waals surface area contributed by atoms with E-state index in [1.165, 1.54) is 18.2 Å². The molecule has 0 atom stereocenters. The van der Waals surface area contributed by atoms with Crippen molar-refractivity contribution in [2.45, 2.75) is 26.9 Å². The summed E-state index contributed by atoms with van der Waals surface area (Å²) in [7, 11) is 0. The van der Waals surface area contributed by atoms with E-state index in [9.17, 15) is 22.8 Å². The lowest BCUT2D eigenvalue weighted by molar-refractivity contribution is -0.137. The molecule has 0 unspecified atom stereocenters. The van der Waals surface area contributed by atoms with Crippen LogP contribution >= 0.6 is 0 Å². The lowest BCUT2D eigenvalue weighted by atomic mass is 10.1. The largest absolute Gasteiger partial charge is 0.416 e. The molecule has 2 aromatic rings. The smallest absolute Gasteiger partial charge is 0.267 e. The van der Waals surface area contributed by atoms with E-state index in [1.54, 1.807) is 26.0 Å². The summed E-state index contributed by atoms with van der Waals surface area (Å²) in [5.74, 6) is -0.669. The number of halogens is 3. The van der Waals surface area contributed by atoms with Gasteiger partial charge in [-0.2, -0.15) is 23.3 Å². The van der Waals surface area contributed by atoms with Crippen LogP contribution in [-0.4, -0.2) is 17.7 Å². The molecule has 0 saturated heterocycles. The van der Waals surface area contributed by atoms with Gasteiger partial charge in [0.2, 0.25) is 6.08 Å². The number of alkyl halides is 3. The summed E-state index contributed by atoms with van der Waals surface area (Å²) in [5.41, 5.74) is 3.63. The first-order valence-corrected chi connectivity index (χ1v) is 7.76. The van der Waals surface area contributed by atoms with Gasteiger partial charge in [0.05, 0.1) is 11.3 Å². The van der Waals surface area contributed by atoms with Crippen LogP contribution in [0.15, 0.2) is 58.6 Å². The Labute approximate surface area is 154 Å². The second-order valence-corrected chi connectivity index (χ2v) is 5.62. The van der Waals surface area contributed by atoms with Crippen LogP contribution in [0.5, 0.6) is 0 Å². The number of hydrazone groups is 1. The maximum Gasteiger partial charge on any atom is 0.416 e. The molecule has 1 N–H and O–H groups in total. The van der Waals surface area contributed by atoms with Crippen LogP contribution in [-0.2, 0) is 11.0 Å². The van der Waals surface area contributed by atoms with Crippen molar-refractivity contribution >= 4 is 23.4 Å². The highest BCUT2D eigenvalue weighted by Gasteiger charge is 2.30. The number of hydrogen-bond acceptors (Lipinski definition) is 4. The number of isocyanates is 1. The van der Waals surface area contributed by atoms with E-state index >= 15 is 0 Å². The summed E-state index contributed by atoms with van der Waals surface area (Å²) in [6.07, 6.45) is -2.98. The maximum atomic E-state index is 12.4. The molecule has 0 aliphatic carbocycles. The third-order valence-corrected chi connectivity index (χ3v) is 3.04. The summed E-state index contributed by atoms with van der Waals surface area (Å²) in [5, 5.41) is 3.63. The van der Waals surface area contributed by atoms with Gasteiger partial charge in [-0.25, -0.2) is 10.2 Å². The Morgan fingerprint density at radius 1 is 1.07 bits per heavy atom. The molecule has 0 aliphatic heterocycles. The minimum Gasteiger partial charge on any atom is -0.267 e. The molecule has 0 heterocycles. The third-order valence-electron chi connectivity index (χ3n) is 3.04. The summed E-state index contributed by atoms with van der Waals surface area (Å²) in [6, 6.07) is 11.5. The SMILES string of the molecule is CC(C)=NNC(=O)c1cccc(C(F)(F)F)c1.Cc1ccc(N=C=O)cc1. The fourth-order valence-electron chi connectivity index (χ4n) is 1.74. The van der Waals surface area contributed by atoms with Gasteiger partial charge in [0.1, 0.15) is 0 Å². The Bertz CT molecular complexity index is 849. The van der Waals surface area contributed by atoms with E-state index in [0.717, 1.165) is 17.7 Å². The van der Waals surface area contributed by atoms with E-state index in [0.29, 0.717) is 11.4 Å². The number of rotatable bonds is 3. The minimum atomic E-state index is -4.46. The van der Waals surface area contributed by atoms with E-state index in [2.05, 4.69) is 15.5 Å². The highest BCUT2D eigenvalue weighted by molar-refractivity contribution is 5.95. The second-order valence-electron chi connectivity index (χ2n) is 5.62. The maximum absolute atomic E-state index is 12.4. The molecule has 142 valence electrons. The van der Waals surface area contributed by atoms with Gasteiger partial charge in [-0.05, 0) is 51.1 Å². The van der Waals surface area contributed by atoms with Crippen molar-refractivity contribution in [1.82, 2.24) is 5.43 Å². The molecular formula is C19H18F3N3O2. The summed E-state index contributed by atoms with van der Waals surface area (Å²) in [4.78, 5) is 24.7. The Balaban J connectivity index is 0.000000309. The zero-order valence-corrected chi connectivity index (χ0v) is 15.0. The van der Waals surface area contributed by atoms with Gasteiger partial charge in [-0.15, -0.1) is 0 Å². The summed E-state index contributed by atoms with van der Waals surface area (Å²) < 4.78 is 37.2. The number of aryl methyl sites for hydroxylation is 1. The molecule has 2 aromatic carbocycles. The van der Waals surface area contributed by atoms with Crippen molar-refractivity contribution in [1.29, 1.82) is 0 Å². The molecule has 2 rings (SSSR count). The molecule has 0 saturated carbocycles. The molecule has 0 spiro atoms. The van der Waals surface area contributed by atoms with Gasteiger partial charge in [0, 0.05) is 11.3 Å². The van der Waals surface area contributed by atoms with Crippen LogP contribution in [0.3, 0.4) is 0 Å². The lowest BCUT2D eigenvalue weighted by Gasteiger charge is -2.07. The van der Waals surface area contributed by atoms with E-state index in [-0.39, 0.29) is 5.56 Å². The van der Waals surface area contributed by atoms with Crippen molar-refractivity contribution in [2.24, 2.45) is 10.1 Å². The van der Waals surface area contributed by atoms with Gasteiger partial charge in [-0.3, -0.25) is 4.79 Å². The Kier molecular flexibility index (Phi) is 8.10. The van der Waals surface area contributed by atoms with Crippen molar-refractivity contribution in [3.63, 3.8) is 0 Å². The standard InChI is InChI=1S/C11H11F3N2O.C8H7NO/c1-7(2)15-16-10(17)8-4-3-5-9(6-8)11(12,13)14;1-7-2-4-8(5-3-7)9-6-10/h3-6H,1-2H3,(H,16,17);2-5H,1H3. The van der Waals surface area contributed by atoms with Crippen LogP contribution in [0.25, 0.3) is 0 Å². The van der Waals surface area contributed by atoms with Crippen LogP contribution < -0.4 is 5.43 Å². The normalized spacial score (nSPS) is 10.0. The number of nitrogens with zero attached hydrogens (tertiary/aromatic N) is 2. The Morgan fingerprint density at radius 3 is 2.22 bits per heavy atom. The van der Waals surface area contributed by atoms with Crippen LogP contribution in [0, 0.1) is 6.92 Å². The predicted molar refractivity (Wildman–Crippen MR) is 96.7 cm³/mol. The van der Waals surface area contributed by atoms with Crippen LogP contribution in [0.2, 0.25) is 0 Å². The Morgan fingerprint density at radius 2 is 1.70 bits per heavy atom. The summed E-state index contributed by atoms with van der Waals surface area (Å²) >= 11 is 0. The molecule has 0 aromatic heterocycles. The molecular weight excluding hydrogens is 359 g/mol. The highest BCUT2D eigenvalue weighted by Crippen LogP contribution is 2.29. The zero-order chi connectivity index (χ0) is 20.4. The predicted octanol–water partition coefficient (Wildman–Crippen LogP) is 4.79. The van der Waals surface area contributed by atoms with E-state index in [4.69, 9.17) is 0 Å². The van der Waals surface area contributed by atoms with Crippen molar-refractivity contribution in [3.05, 3.63) is 65.2 Å². The van der Waals surface area contributed by atoms with Gasteiger partial charge >= 0.3 is 6.18 Å². The fraction of sp³-hybridized carbons (Fsp3) is 0.211.